The van der Waals surface area contributed by atoms with Crippen molar-refractivity contribution in [2.75, 3.05) is 0 Å². The Bertz CT molecular complexity index is 9.71. The predicted octanol–water partition coefficient (Wildman–Crippen LogP) is 2.63. The van der Waals surface area contributed by atoms with Gasteiger partial charge < -0.3 is 36.6 Å². The normalized spacial score (nSPS) is 0.600. The van der Waals surface area contributed by atoms with Crippen molar-refractivity contribution >= 4 is 0 Å². The van der Waals surface area contributed by atoms with Crippen molar-refractivity contribution in [1.82, 2.24) is 0 Å². The molecule has 0 amide bonds. The molecule has 0 nitrogen and oxygen atoms in total. The molecule has 0 heterocycles. The van der Waals surface area contributed by atoms with Gasteiger partial charge in [0, 0.05) is 131 Å². The van der Waals surface area contributed by atoms with Crippen molar-refractivity contribution in [3.05, 3.63) is 36.6 Å². The Labute approximate surface area is 170 Å². The third kappa shape index (κ3) is 83.0. The average Bonchev–Trinajstić information content (AvgIpc) is 1.00. The minimum absolute atomic E-state index is 0. The van der Waals surface area contributed by atoms with Crippen LogP contribution in [0.2, 0.25) is 0 Å². The molecule has 0 fully saturated rings. The van der Waals surface area contributed by atoms with Gasteiger partial charge in [-0.05, 0) is 0 Å². The fourth-order valence-corrected chi connectivity index (χ4v) is 0. The molecule has 0 unspecified atom stereocenters. The Kier molecular flexibility index (Phi) is 938. The van der Waals surface area contributed by atoms with E-state index in [-0.39, 0.29) is 161 Å². The van der Waals surface area contributed by atoms with Crippen molar-refractivity contribution < 1.29 is 131 Å². The van der Waals surface area contributed by atoms with Crippen LogP contribution in [0.4, 0.5) is 0 Å². The Morgan fingerprint density at radius 1 is 0.500 bits per heavy atom. The molecule has 0 aliphatic carbocycles. The van der Waals surface area contributed by atoms with Crippen LogP contribution in [-0.4, -0.2) is 0 Å². The van der Waals surface area contributed by atoms with E-state index in [1.165, 1.54) is 0 Å². The molecule has 4 heteroatoms. The summed E-state index contributed by atoms with van der Waals surface area (Å²) in [5.74, 6) is 0. The number of hydrogen-bond acceptors (Lipinski definition) is 0. The van der Waals surface area contributed by atoms with Crippen LogP contribution in [0, 0.1) is 36.6 Å². The zero-order chi connectivity index (χ0) is 2.00. The van der Waals surface area contributed by atoms with Gasteiger partial charge in [0.05, 0.1) is 0 Å². The monoisotopic (exact) mass is 445 g/mol. The average molecular weight is 445 g/mol. The van der Waals surface area contributed by atoms with E-state index in [0.29, 0.717) is 0 Å². The first kappa shape index (κ1) is 88.5. The van der Waals surface area contributed by atoms with Crippen molar-refractivity contribution in [3.8, 4) is 0 Å². The van der Waals surface area contributed by atoms with Crippen LogP contribution in [0.1, 0.15) is 6.92 Å². The molecule has 10 heavy (non-hydrogen) atoms. The molecular weight excluding hydrogens is 428 g/mol. The van der Waals surface area contributed by atoms with Crippen molar-refractivity contribution in [1.29, 1.82) is 0 Å². The maximum Gasteiger partial charge on any atom is 0 e. The molecule has 0 rings (SSSR count). The molecule has 0 aromatic carbocycles. The van der Waals surface area contributed by atoms with E-state index in [1.807, 2.05) is 0 Å². The van der Waals surface area contributed by atoms with Crippen molar-refractivity contribution in [3.63, 3.8) is 0 Å². The summed E-state index contributed by atoms with van der Waals surface area (Å²) in [5, 5.41) is 0. The smallest absolute Gasteiger partial charge is 0 e. The van der Waals surface area contributed by atoms with Crippen LogP contribution in [0.3, 0.4) is 0 Å². The summed E-state index contributed by atoms with van der Waals surface area (Å²) < 4.78 is 0. The van der Waals surface area contributed by atoms with Crippen molar-refractivity contribution in [2.45, 2.75) is 6.92 Å². The molecule has 0 aliphatic rings. The molecule has 4 radical (unpaired) electrons. The summed E-state index contributed by atoms with van der Waals surface area (Å²) in [6.07, 6.45) is 0. The Hall–Kier alpha value is 4.42. The van der Waals surface area contributed by atoms with Crippen LogP contribution < -0.4 is 0 Å². The van der Waals surface area contributed by atoms with Gasteiger partial charge in [-0.2, -0.15) is 6.92 Å². The van der Waals surface area contributed by atoms with Gasteiger partial charge in [0.25, 0.3) is 0 Å². The summed E-state index contributed by atoms with van der Waals surface area (Å²) in [5.41, 5.74) is 0. The van der Waals surface area contributed by atoms with Gasteiger partial charge in [0.1, 0.15) is 0 Å². The second-order valence-corrected chi connectivity index (χ2v) is 0. The molecule has 0 aromatic heterocycles. The Balaban J connectivity index is -0.000000000179. The molecule has 0 bridgehead atoms. The standard InChI is InChI=1S/C2H5.4CH3.4Y/c1-2;;;;;;;;/h1H2,2H3;4*1H3;;;;/q5*-1;;;;. The summed E-state index contributed by atoms with van der Waals surface area (Å²) >= 11 is 0. The molecule has 0 atom stereocenters. The number of hydrogen-bond donors (Lipinski definition) is 0. The first-order valence-corrected chi connectivity index (χ1v) is 0.707. The molecule has 0 saturated heterocycles. The topological polar surface area (TPSA) is 0 Å². The van der Waals surface area contributed by atoms with Gasteiger partial charge in [-0.15, -0.1) is 0 Å². The van der Waals surface area contributed by atoms with E-state index in [2.05, 4.69) is 6.92 Å². The van der Waals surface area contributed by atoms with Gasteiger partial charge in [-0.3, -0.25) is 0 Å². The van der Waals surface area contributed by atoms with E-state index < -0.39 is 0 Å². The third-order valence-corrected chi connectivity index (χ3v) is 0. The van der Waals surface area contributed by atoms with E-state index in [1.54, 1.807) is 6.92 Å². The zero-order valence-corrected chi connectivity index (χ0v) is 19.4. The fourth-order valence-electron chi connectivity index (χ4n) is 0. The first-order valence-electron chi connectivity index (χ1n) is 0.707. The zero-order valence-electron chi connectivity index (χ0n) is 8.02. The van der Waals surface area contributed by atoms with Gasteiger partial charge in [0.2, 0.25) is 0 Å². The second kappa shape index (κ2) is 106. The maximum absolute atomic E-state index is 3.25. The van der Waals surface area contributed by atoms with E-state index in [4.69, 9.17) is 0 Å². The Morgan fingerprint density at radius 3 is 0.500 bits per heavy atom. The molecule has 58 valence electrons. The summed E-state index contributed by atoms with van der Waals surface area (Å²) in [6, 6.07) is 0. The minimum atomic E-state index is 0. The summed E-state index contributed by atoms with van der Waals surface area (Å²) in [6.45, 7) is 5.00. The SMILES string of the molecule is [CH2-]C.[CH3-].[CH3-].[CH3-].[CH3-].[Y].[Y].[Y].[Y]. The number of rotatable bonds is 0. The van der Waals surface area contributed by atoms with Crippen LogP contribution in [-0.2, 0) is 131 Å². The quantitative estimate of drug-likeness (QED) is 0.504. The van der Waals surface area contributed by atoms with E-state index in [0.717, 1.165) is 0 Å². The summed E-state index contributed by atoms with van der Waals surface area (Å²) in [4.78, 5) is 0. The van der Waals surface area contributed by atoms with Crippen molar-refractivity contribution in [2.24, 2.45) is 0 Å². The molecular formula is C6H17Y4-5. The van der Waals surface area contributed by atoms with Crippen LogP contribution >= 0.6 is 0 Å². The van der Waals surface area contributed by atoms with Gasteiger partial charge in [0.15, 0.2) is 0 Å². The van der Waals surface area contributed by atoms with Gasteiger partial charge in [-0.25, -0.2) is 0 Å². The maximum atomic E-state index is 3.25. The fraction of sp³-hybridized carbons (Fsp3) is 0.167. The molecule has 0 aromatic rings. The van der Waals surface area contributed by atoms with Crippen LogP contribution in [0.15, 0.2) is 0 Å². The molecule has 0 aliphatic heterocycles. The first-order chi connectivity index (χ1) is 1.00. The summed E-state index contributed by atoms with van der Waals surface area (Å²) in [7, 11) is 0. The van der Waals surface area contributed by atoms with Crippen LogP contribution in [0.25, 0.3) is 0 Å². The molecule has 0 spiro atoms. The third-order valence-electron chi connectivity index (χ3n) is 0. The van der Waals surface area contributed by atoms with Gasteiger partial charge >= 0.3 is 0 Å². The molecule has 0 N–H and O–H groups in total. The molecule has 0 saturated carbocycles. The van der Waals surface area contributed by atoms with Crippen LogP contribution in [0.5, 0.6) is 0 Å². The minimum Gasteiger partial charge on any atom is -0.358 e. The van der Waals surface area contributed by atoms with E-state index >= 15 is 0 Å². The van der Waals surface area contributed by atoms with Gasteiger partial charge in [-0.1, -0.05) is 0 Å². The predicted molar refractivity (Wildman–Crippen MR) is 36.7 cm³/mol. The largest absolute Gasteiger partial charge is 0.358 e. The Morgan fingerprint density at radius 2 is 0.500 bits per heavy atom. The van der Waals surface area contributed by atoms with E-state index in [9.17, 15) is 0 Å². The second-order valence-electron chi connectivity index (χ2n) is 0.